The van der Waals surface area contributed by atoms with Gasteiger partial charge in [0.25, 0.3) is 0 Å². The van der Waals surface area contributed by atoms with E-state index in [0.717, 1.165) is 10.7 Å². The summed E-state index contributed by atoms with van der Waals surface area (Å²) in [5.41, 5.74) is 0.332. The first kappa shape index (κ1) is 19.8. The fourth-order valence-corrected chi connectivity index (χ4v) is 4.04. The van der Waals surface area contributed by atoms with Crippen LogP contribution in [0.25, 0.3) is 5.69 Å². The van der Waals surface area contributed by atoms with Gasteiger partial charge >= 0.3 is 6.09 Å². The largest absolute Gasteiger partial charge is 0.465 e. The number of amides is 1. The predicted molar refractivity (Wildman–Crippen MR) is 98.0 cm³/mol. The molecule has 0 saturated heterocycles. The van der Waals surface area contributed by atoms with Gasteiger partial charge in [0.2, 0.25) is 9.84 Å². The topological polar surface area (TPSA) is 114 Å². The summed E-state index contributed by atoms with van der Waals surface area (Å²) in [7, 11) is -4.05. The molecule has 11 heteroatoms. The molecule has 3 rings (SSSR count). The maximum absolute atomic E-state index is 13.9. The van der Waals surface area contributed by atoms with Crippen molar-refractivity contribution in [3.63, 3.8) is 0 Å². The van der Waals surface area contributed by atoms with Crippen LogP contribution in [0.3, 0.4) is 0 Å². The van der Waals surface area contributed by atoms with E-state index in [1.54, 1.807) is 0 Å². The minimum Gasteiger partial charge on any atom is -0.465 e. The van der Waals surface area contributed by atoms with Crippen molar-refractivity contribution in [1.82, 2.24) is 20.1 Å². The van der Waals surface area contributed by atoms with Gasteiger partial charge in [0, 0.05) is 25.4 Å². The number of nitrogens with zero attached hydrogens (tertiary/aromatic N) is 3. The Morgan fingerprint density at radius 3 is 2.75 bits per heavy atom. The summed E-state index contributed by atoms with van der Waals surface area (Å²) in [6, 6.07) is 8.10. The van der Waals surface area contributed by atoms with Crippen molar-refractivity contribution in [3.8, 4) is 5.69 Å². The van der Waals surface area contributed by atoms with Crippen LogP contribution < -0.4 is 5.32 Å². The number of rotatable bonds is 6. The van der Waals surface area contributed by atoms with Gasteiger partial charge in [0.1, 0.15) is 10.8 Å². The van der Waals surface area contributed by atoms with Crippen LogP contribution in [0.15, 0.2) is 58.7 Å². The van der Waals surface area contributed by atoms with Gasteiger partial charge in [-0.1, -0.05) is 17.7 Å². The molecular weight excluding hydrogens is 411 g/mol. The Morgan fingerprint density at radius 2 is 2.07 bits per heavy atom. The van der Waals surface area contributed by atoms with Crippen LogP contribution in [-0.2, 0) is 16.3 Å². The third-order valence-corrected chi connectivity index (χ3v) is 5.84. The molecule has 0 aliphatic carbocycles. The highest BCUT2D eigenvalue weighted by atomic mass is 35.5. The number of hydrogen-bond acceptors (Lipinski definition) is 5. The number of pyridine rings is 1. The molecule has 1 amide bonds. The maximum atomic E-state index is 13.9. The molecular formula is C17H14ClFN4O4S. The Hall–Kier alpha value is -2.98. The molecule has 2 aromatic heterocycles. The quantitative estimate of drug-likeness (QED) is 0.628. The van der Waals surface area contributed by atoms with E-state index in [2.05, 4.69) is 15.4 Å². The normalized spacial score (nSPS) is 11.4. The van der Waals surface area contributed by atoms with Gasteiger partial charge in [-0.25, -0.2) is 22.3 Å². The monoisotopic (exact) mass is 424 g/mol. The van der Waals surface area contributed by atoms with Gasteiger partial charge in [-0.15, -0.1) is 0 Å². The van der Waals surface area contributed by atoms with Gasteiger partial charge in [-0.3, -0.25) is 4.98 Å². The van der Waals surface area contributed by atoms with E-state index in [1.807, 2.05) is 0 Å². The zero-order valence-electron chi connectivity index (χ0n) is 14.2. The van der Waals surface area contributed by atoms with Gasteiger partial charge in [0.15, 0.2) is 5.03 Å². The molecule has 3 aromatic rings. The Kier molecular flexibility index (Phi) is 5.61. The first-order chi connectivity index (χ1) is 13.3. The third-order valence-electron chi connectivity index (χ3n) is 3.76. The van der Waals surface area contributed by atoms with E-state index in [9.17, 15) is 17.6 Å². The molecule has 0 fully saturated rings. The van der Waals surface area contributed by atoms with Gasteiger partial charge in [0.05, 0.1) is 16.3 Å². The molecule has 2 N–H and O–H groups in total. The number of aromatic nitrogens is 3. The van der Waals surface area contributed by atoms with Gasteiger partial charge < -0.3 is 10.4 Å². The van der Waals surface area contributed by atoms with Gasteiger partial charge in [-0.2, -0.15) is 5.10 Å². The standard InChI is InChI=1S/C17H14ClFN4O4S/c18-16-13(19)4-1-5-14(16)23-15(9-11(22-23)6-8-21-17(24)25)28(26,27)12-3-2-7-20-10-12/h1-5,7,9-10,21H,6,8H2,(H,24,25). The van der Waals surface area contributed by atoms with Gasteiger partial charge in [-0.05, 0) is 30.3 Å². The van der Waals surface area contributed by atoms with E-state index in [-0.39, 0.29) is 39.3 Å². The lowest BCUT2D eigenvalue weighted by Gasteiger charge is -2.10. The molecule has 0 radical (unpaired) electrons. The maximum Gasteiger partial charge on any atom is 0.404 e. The molecule has 146 valence electrons. The Balaban J connectivity index is 2.13. The third kappa shape index (κ3) is 3.97. The van der Waals surface area contributed by atoms with E-state index < -0.39 is 21.7 Å². The first-order valence-corrected chi connectivity index (χ1v) is 9.82. The lowest BCUT2D eigenvalue weighted by atomic mass is 10.3. The average Bonchev–Trinajstić information content (AvgIpc) is 3.09. The van der Waals surface area contributed by atoms with Crippen LogP contribution in [-0.4, -0.2) is 40.9 Å². The smallest absolute Gasteiger partial charge is 0.404 e. The van der Waals surface area contributed by atoms with Crippen molar-refractivity contribution in [2.24, 2.45) is 0 Å². The SMILES string of the molecule is O=C(O)NCCc1cc(S(=O)(=O)c2cccnc2)n(-c2cccc(F)c2Cl)n1. The Bertz CT molecular complexity index is 1120. The number of nitrogens with one attached hydrogen (secondary N) is 1. The van der Waals surface area contributed by atoms with Crippen LogP contribution in [0.1, 0.15) is 5.69 Å². The molecule has 0 aliphatic heterocycles. The van der Waals surface area contributed by atoms with E-state index >= 15 is 0 Å². The van der Waals surface area contributed by atoms with E-state index in [1.165, 1.54) is 42.7 Å². The number of carbonyl (C=O) groups is 1. The number of halogens is 2. The molecule has 8 nitrogen and oxygen atoms in total. The number of carboxylic acid groups (broad SMARTS) is 1. The summed E-state index contributed by atoms with van der Waals surface area (Å²) < 4.78 is 41.1. The van der Waals surface area contributed by atoms with Crippen LogP contribution in [0.4, 0.5) is 9.18 Å². The molecule has 0 unspecified atom stereocenters. The van der Waals surface area contributed by atoms with Crippen molar-refractivity contribution in [2.75, 3.05) is 6.54 Å². The van der Waals surface area contributed by atoms with Crippen molar-refractivity contribution >= 4 is 27.5 Å². The molecule has 28 heavy (non-hydrogen) atoms. The number of benzene rings is 1. The van der Waals surface area contributed by atoms with Crippen molar-refractivity contribution in [1.29, 1.82) is 0 Å². The molecule has 0 bridgehead atoms. The molecule has 0 saturated carbocycles. The van der Waals surface area contributed by atoms with Crippen molar-refractivity contribution in [2.45, 2.75) is 16.3 Å². The minimum atomic E-state index is -4.05. The molecule has 0 spiro atoms. The summed E-state index contributed by atoms with van der Waals surface area (Å²) in [5, 5.41) is 14.5. The van der Waals surface area contributed by atoms with Crippen molar-refractivity contribution in [3.05, 3.63) is 65.3 Å². The number of sulfone groups is 1. The fourth-order valence-electron chi connectivity index (χ4n) is 2.48. The lowest BCUT2D eigenvalue weighted by Crippen LogP contribution is -2.23. The van der Waals surface area contributed by atoms with Crippen LogP contribution in [0.2, 0.25) is 5.02 Å². The molecule has 2 heterocycles. The fraction of sp³-hybridized carbons (Fsp3) is 0.118. The number of hydrogen-bond donors (Lipinski definition) is 2. The highest BCUT2D eigenvalue weighted by Gasteiger charge is 2.26. The first-order valence-electron chi connectivity index (χ1n) is 7.96. The zero-order chi connectivity index (χ0) is 20.3. The zero-order valence-corrected chi connectivity index (χ0v) is 15.8. The Morgan fingerprint density at radius 1 is 1.29 bits per heavy atom. The molecule has 0 atom stereocenters. The summed E-state index contributed by atoms with van der Waals surface area (Å²) in [6.07, 6.45) is 1.53. The van der Waals surface area contributed by atoms with Crippen molar-refractivity contribution < 1.29 is 22.7 Å². The van der Waals surface area contributed by atoms with Crippen LogP contribution in [0, 0.1) is 5.82 Å². The predicted octanol–water partition coefficient (Wildman–Crippen LogP) is 2.70. The second-order valence-electron chi connectivity index (χ2n) is 5.63. The summed E-state index contributed by atoms with van der Waals surface area (Å²) in [6.45, 7) is 0.0234. The Labute approximate surface area is 164 Å². The second-order valence-corrected chi connectivity index (χ2v) is 7.91. The van der Waals surface area contributed by atoms with Crippen LogP contribution in [0.5, 0.6) is 0 Å². The molecule has 1 aromatic carbocycles. The lowest BCUT2D eigenvalue weighted by molar-refractivity contribution is 0.194. The summed E-state index contributed by atoms with van der Waals surface area (Å²) in [4.78, 5) is 14.4. The highest BCUT2D eigenvalue weighted by molar-refractivity contribution is 7.91. The van der Waals surface area contributed by atoms with E-state index in [0.29, 0.717) is 0 Å². The summed E-state index contributed by atoms with van der Waals surface area (Å²) in [5.74, 6) is -0.728. The second kappa shape index (κ2) is 7.95. The average molecular weight is 425 g/mol. The summed E-state index contributed by atoms with van der Waals surface area (Å²) >= 11 is 6.02. The van der Waals surface area contributed by atoms with Crippen LogP contribution >= 0.6 is 11.6 Å². The highest BCUT2D eigenvalue weighted by Crippen LogP contribution is 2.29. The molecule has 0 aliphatic rings. The van der Waals surface area contributed by atoms with E-state index in [4.69, 9.17) is 16.7 Å². The minimum absolute atomic E-state index is 0.0234.